The van der Waals surface area contributed by atoms with Crippen molar-refractivity contribution in [2.24, 2.45) is 5.92 Å². The van der Waals surface area contributed by atoms with Gasteiger partial charge in [0.15, 0.2) is 0 Å². The van der Waals surface area contributed by atoms with E-state index in [9.17, 15) is 13.6 Å². The van der Waals surface area contributed by atoms with Crippen molar-refractivity contribution < 1.29 is 18.3 Å². The Labute approximate surface area is 135 Å². The number of carbonyl (C=O) groups excluding carboxylic acids is 1. The molecule has 23 heavy (non-hydrogen) atoms. The van der Waals surface area contributed by atoms with Gasteiger partial charge in [-0.25, -0.2) is 4.39 Å². The zero-order valence-corrected chi connectivity index (χ0v) is 13.4. The van der Waals surface area contributed by atoms with Gasteiger partial charge in [0.05, 0.1) is 19.7 Å². The summed E-state index contributed by atoms with van der Waals surface area (Å²) in [4.78, 5) is 14.7. The first-order chi connectivity index (χ1) is 11.2. The lowest BCUT2D eigenvalue weighted by Gasteiger charge is -2.43. The average Bonchev–Trinajstić information content (AvgIpc) is 2.84. The number of benzene rings is 1. The van der Waals surface area contributed by atoms with E-state index in [0.29, 0.717) is 19.0 Å². The van der Waals surface area contributed by atoms with Crippen LogP contribution in [-0.4, -0.2) is 43.3 Å². The Bertz CT molecular complexity index is 548. The maximum atomic E-state index is 13.2. The van der Waals surface area contributed by atoms with Crippen molar-refractivity contribution in [1.29, 1.82) is 0 Å². The van der Waals surface area contributed by atoms with Crippen molar-refractivity contribution in [1.82, 2.24) is 4.90 Å². The van der Waals surface area contributed by atoms with Crippen LogP contribution in [0.5, 0.6) is 0 Å². The molecule has 1 aromatic carbocycles. The second kappa shape index (κ2) is 6.95. The highest BCUT2D eigenvalue weighted by molar-refractivity contribution is 5.75. The molecule has 3 nitrogen and oxygen atoms in total. The number of fused-ring (bicyclic) bond motifs is 2. The number of piperidine rings is 1. The monoisotopic (exact) mass is 322 g/mol. The first-order valence-corrected chi connectivity index (χ1v) is 8.30. The number of alkyl halides is 1. The van der Waals surface area contributed by atoms with Gasteiger partial charge < -0.3 is 4.74 Å². The summed E-state index contributed by atoms with van der Waals surface area (Å²) in [7, 11) is 1.41. The first kappa shape index (κ1) is 16.4. The van der Waals surface area contributed by atoms with Crippen LogP contribution in [0, 0.1) is 11.7 Å². The quantitative estimate of drug-likeness (QED) is 0.779. The molecular weight excluding hydrogens is 299 g/mol. The highest BCUT2D eigenvalue weighted by atomic mass is 19.1. The number of nitrogens with zero attached hydrogens (tertiary/aromatic N) is 1. The molecule has 1 aromatic rings. The predicted molar refractivity (Wildman–Crippen MR) is 83.4 cm³/mol. The minimum Gasteiger partial charge on any atom is -0.469 e. The van der Waals surface area contributed by atoms with E-state index in [2.05, 4.69) is 4.90 Å². The highest BCUT2D eigenvalue weighted by Gasteiger charge is 2.50. The third-order valence-corrected chi connectivity index (χ3v) is 5.39. The van der Waals surface area contributed by atoms with E-state index in [4.69, 9.17) is 4.74 Å². The molecule has 2 aliphatic heterocycles. The summed E-state index contributed by atoms with van der Waals surface area (Å²) in [5, 5.41) is 0. The van der Waals surface area contributed by atoms with Crippen LogP contribution in [0.4, 0.5) is 8.78 Å². The van der Waals surface area contributed by atoms with E-state index in [1.165, 1.54) is 19.2 Å². The van der Waals surface area contributed by atoms with Gasteiger partial charge in [-0.3, -0.25) is 14.1 Å². The number of rotatable bonds is 5. The molecule has 0 saturated carbocycles. The number of ether oxygens (including phenoxy) is 1. The summed E-state index contributed by atoms with van der Waals surface area (Å²) in [6.07, 6.45) is 3.31. The second-order valence-electron chi connectivity index (χ2n) is 6.52. The van der Waals surface area contributed by atoms with Crippen LogP contribution in [0.2, 0.25) is 0 Å². The molecule has 0 N–H and O–H groups in total. The lowest BCUT2D eigenvalue weighted by atomic mass is 9.76. The Morgan fingerprint density at radius 3 is 2.70 bits per heavy atom. The van der Waals surface area contributed by atoms with Crippen molar-refractivity contribution in [2.45, 2.75) is 43.7 Å². The Balaban J connectivity index is 1.88. The molecule has 3 rings (SSSR count). The maximum Gasteiger partial charge on any atom is 0.310 e. The average molecular weight is 322 g/mol. The minimum absolute atomic E-state index is 0.0437. The zero-order chi connectivity index (χ0) is 16.4. The van der Waals surface area contributed by atoms with E-state index in [1.54, 1.807) is 12.1 Å². The van der Waals surface area contributed by atoms with E-state index in [0.717, 1.165) is 24.8 Å². The molecule has 126 valence electrons. The molecule has 0 unspecified atom stereocenters. The third-order valence-electron chi connectivity index (χ3n) is 5.39. The Hall–Kier alpha value is -1.49. The fourth-order valence-electron chi connectivity index (χ4n) is 4.41. The van der Waals surface area contributed by atoms with Crippen LogP contribution >= 0.6 is 0 Å². The predicted octanol–water partition coefficient (Wildman–Crippen LogP) is 3.29. The van der Waals surface area contributed by atoms with Gasteiger partial charge in [-0.05, 0) is 43.4 Å². The lowest BCUT2D eigenvalue weighted by molar-refractivity contribution is -0.150. The summed E-state index contributed by atoms with van der Waals surface area (Å²) in [6, 6.07) is 6.91. The van der Waals surface area contributed by atoms with Crippen molar-refractivity contribution in [3.8, 4) is 0 Å². The molecule has 0 radical (unpaired) electrons. The van der Waals surface area contributed by atoms with Gasteiger partial charge in [-0.1, -0.05) is 12.1 Å². The van der Waals surface area contributed by atoms with Crippen molar-refractivity contribution >= 4 is 5.97 Å². The van der Waals surface area contributed by atoms with E-state index < -0.39 is 0 Å². The Morgan fingerprint density at radius 1 is 1.30 bits per heavy atom. The Morgan fingerprint density at radius 2 is 2.04 bits per heavy atom. The zero-order valence-electron chi connectivity index (χ0n) is 13.4. The number of hydrogen-bond donors (Lipinski definition) is 0. The smallest absolute Gasteiger partial charge is 0.310 e. The molecule has 2 aliphatic rings. The van der Waals surface area contributed by atoms with Crippen LogP contribution in [0.15, 0.2) is 24.3 Å². The van der Waals surface area contributed by atoms with Gasteiger partial charge in [-0.2, -0.15) is 0 Å². The standard InChI is InChI=1S/C18H23F2NO2/c1-23-18(22)17-15(12-3-5-13(20)6-4-12)11-14-7-8-16(17)21(14)10-2-9-19/h3-6,14-17H,2,7-11H2,1H3/t14-,15+,16+,17-/m0/s1/i19-1. The minimum atomic E-state index is -0.333. The van der Waals surface area contributed by atoms with E-state index >= 15 is 0 Å². The van der Waals surface area contributed by atoms with E-state index in [1.807, 2.05) is 0 Å². The second-order valence-corrected chi connectivity index (χ2v) is 6.52. The number of methoxy groups -OCH3 is 1. The third kappa shape index (κ3) is 3.11. The fraction of sp³-hybridized carbons (Fsp3) is 0.611. The fourth-order valence-corrected chi connectivity index (χ4v) is 4.41. The molecule has 0 spiro atoms. The van der Waals surface area contributed by atoms with Gasteiger partial charge in [0, 0.05) is 24.5 Å². The Kier molecular flexibility index (Phi) is 4.95. The summed E-state index contributed by atoms with van der Waals surface area (Å²) in [6.45, 7) is 0.357. The van der Waals surface area contributed by atoms with Gasteiger partial charge in [-0.15, -0.1) is 0 Å². The van der Waals surface area contributed by atoms with Crippen LogP contribution < -0.4 is 0 Å². The summed E-state index contributed by atoms with van der Waals surface area (Å²) < 4.78 is 30.8. The molecular formula is C18H23F2NO2. The van der Waals surface area contributed by atoms with Crippen LogP contribution in [0.1, 0.15) is 37.2 Å². The number of halogens is 2. The summed E-state index contributed by atoms with van der Waals surface area (Å²) >= 11 is 0. The van der Waals surface area contributed by atoms with Crippen LogP contribution in [0.3, 0.4) is 0 Å². The molecule has 4 atom stereocenters. The molecule has 2 fully saturated rings. The number of carbonyl (C=O) groups is 1. The van der Waals surface area contributed by atoms with Crippen molar-refractivity contribution in [3.63, 3.8) is 0 Å². The van der Waals surface area contributed by atoms with Gasteiger partial charge >= 0.3 is 5.97 Å². The van der Waals surface area contributed by atoms with E-state index in [-0.39, 0.29) is 36.3 Å². The molecule has 2 saturated heterocycles. The summed E-state index contributed by atoms with van der Waals surface area (Å²) in [5.41, 5.74) is 0.990. The molecule has 0 amide bonds. The van der Waals surface area contributed by atoms with Crippen LogP contribution in [0.25, 0.3) is 0 Å². The highest BCUT2D eigenvalue weighted by Crippen LogP contribution is 2.47. The van der Waals surface area contributed by atoms with Crippen LogP contribution in [-0.2, 0) is 9.53 Å². The van der Waals surface area contributed by atoms with Crippen molar-refractivity contribution in [2.75, 3.05) is 20.3 Å². The maximum absolute atomic E-state index is 13.2. The largest absolute Gasteiger partial charge is 0.469 e. The molecule has 0 aromatic heterocycles. The SMILES string of the molecule is COC(=O)[C@H]1[C@@H](c2ccc(F)cc2)C[C@@H]2CC[C@H]1N2CCC[18F]. The topological polar surface area (TPSA) is 29.5 Å². The summed E-state index contributed by atoms with van der Waals surface area (Å²) in [5.74, 6) is -0.701. The van der Waals surface area contributed by atoms with Gasteiger partial charge in [0.25, 0.3) is 0 Å². The normalized spacial score (nSPS) is 30.4. The lowest BCUT2D eigenvalue weighted by Crippen LogP contribution is -2.51. The number of hydrogen-bond acceptors (Lipinski definition) is 3. The van der Waals surface area contributed by atoms with Gasteiger partial charge in [0.2, 0.25) is 0 Å². The van der Waals surface area contributed by atoms with Gasteiger partial charge in [0.1, 0.15) is 5.82 Å². The molecule has 0 aliphatic carbocycles. The molecule has 2 bridgehead atoms. The first-order valence-electron chi connectivity index (χ1n) is 8.30. The van der Waals surface area contributed by atoms with Crippen molar-refractivity contribution in [3.05, 3.63) is 35.6 Å². The molecule has 2 heterocycles. The molecule has 5 heteroatoms. The number of esters is 1.